The Kier molecular flexibility index (Phi) is 4.31. The second-order valence-electron chi connectivity index (χ2n) is 5.23. The van der Waals surface area contributed by atoms with Crippen molar-refractivity contribution in [3.63, 3.8) is 0 Å². The summed E-state index contributed by atoms with van der Waals surface area (Å²) in [6.45, 7) is 3.59. The van der Waals surface area contributed by atoms with Crippen molar-refractivity contribution in [2.45, 2.75) is 25.9 Å². The number of aryl methyl sites for hydroxylation is 1. The van der Waals surface area contributed by atoms with E-state index in [0.717, 1.165) is 43.2 Å². The van der Waals surface area contributed by atoms with Crippen LogP contribution in [0.2, 0.25) is 0 Å². The van der Waals surface area contributed by atoms with Gasteiger partial charge in [0.2, 0.25) is 5.95 Å². The Bertz CT molecular complexity index is 582. The van der Waals surface area contributed by atoms with E-state index in [1.807, 2.05) is 43.3 Å². The molecule has 2 heterocycles. The van der Waals surface area contributed by atoms with Gasteiger partial charge in [0, 0.05) is 30.6 Å². The topological polar surface area (TPSA) is 59.1 Å². The van der Waals surface area contributed by atoms with Gasteiger partial charge in [-0.1, -0.05) is 18.2 Å². The van der Waals surface area contributed by atoms with Gasteiger partial charge in [-0.25, -0.2) is 4.98 Å². The molecule has 1 unspecified atom stereocenters. The Morgan fingerprint density at radius 2 is 2.10 bits per heavy atom. The second-order valence-corrected chi connectivity index (χ2v) is 5.23. The molecular weight excluding hydrogens is 264 g/mol. The van der Waals surface area contributed by atoms with E-state index in [4.69, 9.17) is 4.74 Å². The number of anilines is 3. The largest absolute Gasteiger partial charge is 0.376 e. The van der Waals surface area contributed by atoms with Crippen LogP contribution in [0.5, 0.6) is 0 Å². The molecule has 1 aliphatic heterocycles. The summed E-state index contributed by atoms with van der Waals surface area (Å²) in [4.78, 5) is 8.92. The molecule has 5 heteroatoms. The van der Waals surface area contributed by atoms with Crippen molar-refractivity contribution in [2.24, 2.45) is 0 Å². The van der Waals surface area contributed by atoms with Crippen molar-refractivity contribution in [1.29, 1.82) is 0 Å². The molecule has 21 heavy (non-hydrogen) atoms. The molecule has 5 nitrogen and oxygen atoms in total. The van der Waals surface area contributed by atoms with Gasteiger partial charge in [-0.15, -0.1) is 0 Å². The highest BCUT2D eigenvalue weighted by molar-refractivity contribution is 5.57. The van der Waals surface area contributed by atoms with E-state index in [1.54, 1.807) is 0 Å². The lowest BCUT2D eigenvalue weighted by Crippen LogP contribution is -2.20. The first-order valence-electron chi connectivity index (χ1n) is 7.33. The maximum atomic E-state index is 5.60. The fourth-order valence-corrected chi connectivity index (χ4v) is 2.39. The van der Waals surface area contributed by atoms with Crippen LogP contribution in [0.15, 0.2) is 36.4 Å². The molecule has 0 spiro atoms. The van der Waals surface area contributed by atoms with Gasteiger partial charge in [-0.3, -0.25) is 0 Å². The molecule has 3 rings (SSSR count). The van der Waals surface area contributed by atoms with Gasteiger partial charge in [0.15, 0.2) is 0 Å². The molecule has 1 fully saturated rings. The number of para-hydroxylation sites is 1. The van der Waals surface area contributed by atoms with E-state index >= 15 is 0 Å². The minimum absolute atomic E-state index is 0.277. The van der Waals surface area contributed by atoms with Crippen LogP contribution < -0.4 is 10.6 Å². The molecule has 110 valence electrons. The van der Waals surface area contributed by atoms with Gasteiger partial charge in [-0.2, -0.15) is 4.98 Å². The van der Waals surface area contributed by atoms with Crippen molar-refractivity contribution < 1.29 is 4.74 Å². The molecule has 2 N–H and O–H groups in total. The molecule has 0 amide bonds. The number of hydrogen-bond acceptors (Lipinski definition) is 5. The molecule has 0 aliphatic carbocycles. The lowest BCUT2D eigenvalue weighted by Gasteiger charge is -2.12. The van der Waals surface area contributed by atoms with Crippen LogP contribution in [0.1, 0.15) is 18.5 Å². The first-order valence-corrected chi connectivity index (χ1v) is 7.33. The lowest BCUT2D eigenvalue weighted by atomic mass is 10.2. The third-order valence-corrected chi connectivity index (χ3v) is 3.41. The van der Waals surface area contributed by atoms with Crippen LogP contribution in [0, 0.1) is 6.92 Å². The average molecular weight is 284 g/mol. The van der Waals surface area contributed by atoms with Crippen LogP contribution in [0.4, 0.5) is 17.5 Å². The number of benzene rings is 1. The smallest absolute Gasteiger partial charge is 0.224 e. The van der Waals surface area contributed by atoms with Crippen molar-refractivity contribution in [3.05, 3.63) is 42.1 Å². The Morgan fingerprint density at radius 1 is 1.24 bits per heavy atom. The van der Waals surface area contributed by atoms with Gasteiger partial charge in [0.05, 0.1) is 6.10 Å². The number of ether oxygens (including phenoxy) is 1. The van der Waals surface area contributed by atoms with Gasteiger partial charge >= 0.3 is 0 Å². The number of aromatic nitrogens is 2. The van der Waals surface area contributed by atoms with Crippen molar-refractivity contribution in [1.82, 2.24) is 9.97 Å². The Balaban J connectivity index is 1.67. The molecule has 1 aromatic heterocycles. The predicted molar refractivity (Wildman–Crippen MR) is 84.0 cm³/mol. The molecule has 0 saturated carbocycles. The average Bonchev–Trinajstić information content (AvgIpc) is 2.99. The van der Waals surface area contributed by atoms with E-state index in [-0.39, 0.29) is 6.10 Å². The van der Waals surface area contributed by atoms with Crippen LogP contribution in [-0.4, -0.2) is 29.2 Å². The first-order chi connectivity index (χ1) is 10.3. The zero-order valence-electron chi connectivity index (χ0n) is 12.2. The quantitative estimate of drug-likeness (QED) is 0.883. The third-order valence-electron chi connectivity index (χ3n) is 3.41. The summed E-state index contributed by atoms with van der Waals surface area (Å²) in [5.74, 6) is 1.44. The van der Waals surface area contributed by atoms with Crippen LogP contribution >= 0.6 is 0 Å². The molecule has 1 aliphatic rings. The number of nitrogens with one attached hydrogen (secondary N) is 2. The van der Waals surface area contributed by atoms with E-state index in [2.05, 4.69) is 20.6 Å². The maximum absolute atomic E-state index is 5.60. The van der Waals surface area contributed by atoms with Gasteiger partial charge < -0.3 is 15.4 Å². The summed E-state index contributed by atoms with van der Waals surface area (Å²) in [7, 11) is 0. The molecule has 1 saturated heterocycles. The third kappa shape index (κ3) is 3.92. The number of hydrogen-bond donors (Lipinski definition) is 2. The summed E-state index contributed by atoms with van der Waals surface area (Å²) >= 11 is 0. The second kappa shape index (κ2) is 6.54. The van der Waals surface area contributed by atoms with Gasteiger partial charge in [0.1, 0.15) is 5.82 Å². The maximum Gasteiger partial charge on any atom is 0.224 e. The fourth-order valence-electron chi connectivity index (χ4n) is 2.39. The molecule has 1 aromatic carbocycles. The Hall–Kier alpha value is -2.14. The minimum atomic E-state index is 0.277. The highest BCUT2D eigenvalue weighted by Gasteiger charge is 2.15. The summed E-state index contributed by atoms with van der Waals surface area (Å²) in [5.41, 5.74) is 1.94. The Morgan fingerprint density at radius 3 is 2.86 bits per heavy atom. The van der Waals surface area contributed by atoms with E-state index in [9.17, 15) is 0 Å². The van der Waals surface area contributed by atoms with E-state index in [0.29, 0.717) is 5.95 Å². The molecule has 2 aromatic rings. The number of rotatable bonds is 5. The normalized spacial score (nSPS) is 17.7. The van der Waals surface area contributed by atoms with Crippen molar-refractivity contribution >= 4 is 17.5 Å². The molecule has 1 atom stereocenters. The number of nitrogens with zero attached hydrogens (tertiary/aromatic N) is 2. The van der Waals surface area contributed by atoms with Crippen LogP contribution in [0.25, 0.3) is 0 Å². The zero-order chi connectivity index (χ0) is 14.5. The summed E-state index contributed by atoms with van der Waals surface area (Å²) in [6.07, 6.45) is 2.52. The standard InChI is InChI=1S/C16H20N4O/c1-12-10-15(19-13-6-3-2-4-7-13)20-16(18-12)17-11-14-8-5-9-21-14/h2-4,6-7,10,14H,5,8-9,11H2,1H3,(H2,17,18,19,20). The van der Waals surface area contributed by atoms with Crippen LogP contribution in [-0.2, 0) is 4.74 Å². The predicted octanol–water partition coefficient (Wildman–Crippen LogP) is 3.12. The minimum Gasteiger partial charge on any atom is -0.376 e. The van der Waals surface area contributed by atoms with E-state index in [1.165, 1.54) is 0 Å². The molecule has 0 bridgehead atoms. The highest BCUT2D eigenvalue weighted by Crippen LogP contribution is 2.17. The first kappa shape index (κ1) is 13.8. The fraction of sp³-hybridized carbons (Fsp3) is 0.375. The summed E-state index contributed by atoms with van der Waals surface area (Å²) in [5, 5.41) is 6.56. The van der Waals surface area contributed by atoms with Gasteiger partial charge in [0.25, 0.3) is 0 Å². The van der Waals surface area contributed by atoms with Crippen molar-refractivity contribution in [2.75, 3.05) is 23.8 Å². The van der Waals surface area contributed by atoms with Gasteiger partial charge in [-0.05, 0) is 31.9 Å². The summed E-state index contributed by atoms with van der Waals surface area (Å²) < 4.78 is 5.60. The lowest BCUT2D eigenvalue weighted by molar-refractivity contribution is 0.120. The zero-order valence-corrected chi connectivity index (χ0v) is 12.2. The SMILES string of the molecule is Cc1cc(Nc2ccccc2)nc(NCC2CCCO2)n1. The molecular formula is C16H20N4O. The van der Waals surface area contributed by atoms with Crippen LogP contribution in [0.3, 0.4) is 0 Å². The summed E-state index contributed by atoms with van der Waals surface area (Å²) in [6, 6.07) is 11.9. The van der Waals surface area contributed by atoms with Crippen molar-refractivity contribution in [3.8, 4) is 0 Å². The molecule has 0 radical (unpaired) electrons. The van der Waals surface area contributed by atoms with E-state index < -0.39 is 0 Å². The Labute approximate surface area is 124 Å². The highest BCUT2D eigenvalue weighted by atomic mass is 16.5. The monoisotopic (exact) mass is 284 g/mol.